The number of hydrogen-bond donors (Lipinski definition) is 1. The number of hydrogen-bond acceptors (Lipinski definition) is 2. The van der Waals surface area contributed by atoms with Crippen LogP contribution < -0.4 is 5.73 Å². The third kappa shape index (κ3) is 3.57. The Labute approximate surface area is 129 Å². The predicted octanol–water partition coefficient (Wildman–Crippen LogP) is 3.56. The Bertz CT molecular complexity index is 433. The number of rotatable bonds is 4. The van der Waals surface area contributed by atoms with Gasteiger partial charge in [-0.25, -0.2) is 0 Å². The Morgan fingerprint density at radius 2 is 1.89 bits per heavy atom. The molecule has 104 valence electrons. The zero-order valence-electron chi connectivity index (χ0n) is 11.5. The molecule has 1 aliphatic rings. The lowest BCUT2D eigenvalue weighted by molar-refractivity contribution is -0.129. The number of carbonyl (C=O) groups is 1. The van der Waals surface area contributed by atoms with Crippen LogP contribution in [0.2, 0.25) is 0 Å². The summed E-state index contributed by atoms with van der Waals surface area (Å²) in [4.78, 5) is 12.6. The first-order chi connectivity index (χ1) is 9.05. The quantitative estimate of drug-likeness (QED) is 0.823. The second-order valence-electron chi connectivity index (χ2n) is 5.89. The van der Waals surface area contributed by atoms with E-state index in [2.05, 4.69) is 53.8 Å². The molecule has 0 atom stereocenters. The molecule has 1 aromatic carbocycles. The van der Waals surface area contributed by atoms with Gasteiger partial charge in [0.2, 0.25) is 0 Å². The molecule has 1 fully saturated rings. The highest BCUT2D eigenvalue weighted by Gasteiger charge is 2.39. The number of benzene rings is 1. The minimum absolute atomic E-state index is 0.254. The lowest BCUT2D eigenvalue weighted by atomic mass is 9.67. The molecule has 0 amide bonds. The summed E-state index contributed by atoms with van der Waals surface area (Å²) in [7, 11) is 0. The summed E-state index contributed by atoms with van der Waals surface area (Å²) in [5, 5.41) is 0. The van der Waals surface area contributed by atoms with E-state index >= 15 is 0 Å². The third-order valence-electron chi connectivity index (χ3n) is 4.49. The van der Waals surface area contributed by atoms with Crippen LogP contribution in [0.15, 0.2) is 24.3 Å². The van der Waals surface area contributed by atoms with Crippen LogP contribution in [0.3, 0.4) is 0 Å². The first-order valence-electron chi connectivity index (χ1n) is 7.03. The predicted molar refractivity (Wildman–Crippen MR) is 87.0 cm³/mol. The highest BCUT2D eigenvalue weighted by Crippen LogP contribution is 2.39. The molecule has 19 heavy (non-hydrogen) atoms. The summed E-state index contributed by atoms with van der Waals surface area (Å²) in [6, 6.07) is 8.22. The molecule has 0 aromatic heterocycles. The number of ketones is 1. The Balaban J connectivity index is 2.06. The van der Waals surface area contributed by atoms with Crippen LogP contribution in [0, 0.1) is 14.9 Å². The molecule has 1 aromatic rings. The first kappa shape index (κ1) is 15.0. The maximum atomic E-state index is 12.6. The van der Waals surface area contributed by atoms with E-state index in [0.717, 1.165) is 37.2 Å². The zero-order valence-corrected chi connectivity index (χ0v) is 13.7. The maximum absolute atomic E-state index is 12.6. The Hall–Kier alpha value is -0.420. The fourth-order valence-corrected chi connectivity index (χ4v) is 3.25. The molecule has 0 bridgehead atoms. The van der Waals surface area contributed by atoms with Crippen LogP contribution in [0.1, 0.15) is 38.2 Å². The topological polar surface area (TPSA) is 43.1 Å². The molecule has 0 saturated heterocycles. The summed E-state index contributed by atoms with van der Waals surface area (Å²) < 4.78 is 1.20. The van der Waals surface area contributed by atoms with Crippen LogP contribution in [0.25, 0.3) is 0 Å². The molecule has 1 saturated carbocycles. The minimum atomic E-state index is -0.254. The molecule has 0 unspecified atom stereocenters. The van der Waals surface area contributed by atoms with Gasteiger partial charge in [-0.05, 0) is 71.9 Å². The van der Waals surface area contributed by atoms with Gasteiger partial charge >= 0.3 is 0 Å². The summed E-state index contributed by atoms with van der Waals surface area (Å²) in [6.45, 7) is 2.77. The van der Waals surface area contributed by atoms with E-state index < -0.39 is 0 Å². The van der Waals surface area contributed by atoms with Crippen LogP contribution in [0.5, 0.6) is 0 Å². The normalized spacial score (nSPS) is 27.2. The number of nitrogens with two attached hydrogens (primary N) is 1. The number of carbonyl (C=O) groups excluding carboxylic acids is 1. The molecule has 3 heteroatoms. The summed E-state index contributed by atoms with van der Waals surface area (Å²) in [5.74, 6) is 1.08. The highest BCUT2D eigenvalue weighted by molar-refractivity contribution is 14.1. The average molecular weight is 371 g/mol. The zero-order chi connectivity index (χ0) is 13.9. The molecule has 2 nitrogen and oxygen atoms in total. The van der Waals surface area contributed by atoms with Gasteiger partial charge in [-0.15, -0.1) is 0 Å². The summed E-state index contributed by atoms with van der Waals surface area (Å²) in [6.07, 6.45) is 4.73. The lowest BCUT2D eigenvalue weighted by Gasteiger charge is -2.37. The molecule has 0 aliphatic heterocycles. The van der Waals surface area contributed by atoms with Gasteiger partial charge in [-0.3, -0.25) is 4.79 Å². The van der Waals surface area contributed by atoms with Crippen molar-refractivity contribution < 1.29 is 4.79 Å². The van der Waals surface area contributed by atoms with Crippen molar-refractivity contribution in [2.75, 3.05) is 6.54 Å². The van der Waals surface area contributed by atoms with Gasteiger partial charge in [0.15, 0.2) is 0 Å². The number of halogens is 1. The molecule has 0 heterocycles. The van der Waals surface area contributed by atoms with Crippen molar-refractivity contribution in [3.8, 4) is 0 Å². The largest absolute Gasteiger partial charge is 0.329 e. The smallest absolute Gasteiger partial charge is 0.144 e. The van der Waals surface area contributed by atoms with Crippen molar-refractivity contribution in [1.82, 2.24) is 0 Å². The van der Waals surface area contributed by atoms with E-state index in [4.69, 9.17) is 5.73 Å². The van der Waals surface area contributed by atoms with Crippen molar-refractivity contribution in [3.63, 3.8) is 0 Å². The Morgan fingerprint density at radius 3 is 2.42 bits per heavy atom. The molecule has 2 rings (SSSR count). The standard InChI is InChI=1S/C16H22INO/c1-12-6-8-16(11-18,9-7-12)15(19)10-13-2-4-14(17)5-3-13/h2-5,12H,6-11,18H2,1H3. The highest BCUT2D eigenvalue weighted by atomic mass is 127. The second kappa shape index (κ2) is 6.35. The lowest BCUT2D eigenvalue weighted by Crippen LogP contribution is -2.42. The van der Waals surface area contributed by atoms with Gasteiger partial charge in [0.1, 0.15) is 5.78 Å². The molecule has 0 radical (unpaired) electrons. The van der Waals surface area contributed by atoms with Gasteiger partial charge in [0, 0.05) is 22.0 Å². The molecule has 1 aliphatic carbocycles. The van der Waals surface area contributed by atoms with Crippen molar-refractivity contribution in [2.24, 2.45) is 17.1 Å². The minimum Gasteiger partial charge on any atom is -0.329 e. The van der Waals surface area contributed by atoms with Gasteiger partial charge in [0.05, 0.1) is 0 Å². The van der Waals surface area contributed by atoms with E-state index in [9.17, 15) is 4.79 Å². The van der Waals surface area contributed by atoms with Gasteiger partial charge in [-0.1, -0.05) is 19.1 Å². The van der Waals surface area contributed by atoms with E-state index in [0.29, 0.717) is 18.7 Å². The number of Topliss-reactive ketones (excluding diaryl/α,β-unsaturated/α-hetero) is 1. The van der Waals surface area contributed by atoms with E-state index in [-0.39, 0.29) is 5.41 Å². The van der Waals surface area contributed by atoms with Crippen molar-refractivity contribution in [3.05, 3.63) is 33.4 Å². The fraction of sp³-hybridized carbons (Fsp3) is 0.562. The monoisotopic (exact) mass is 371 g/mol. The van der Waals surface area contributed by atoms with E-state index in [1.165, 1.54) is 3.57 Å². The first-order valence-corrected chi connectivity index (χ1v) is 8.11. The molecule has 2 N–H and O–H groups in total. The molecule has 0 spiro atoms. The van der Waals surface area contributed by atoms with Gasteiger partial charge in [0.25, 0.3) is 0 Å². The van der Waals surface area contributed by atoms with E-state index in [1.54, 1.807) is 0 Å². The Morgan fingerprint density at radius 1 is 1.32 bits per heavy atom. The average Bonchev–Trinajstić information content (AvgIpc) is 2.42. The molecular formula is C16H22INO. The summed E-state index contributed by atoms with van der Waals surface area (Å²) in [5.41, 5.74) is 6.79. The van der Waals surface area contributed by atoms with Crippen LogP contribution >= 0.6 is 22.6 Å². The van der Waals surface area contributed by atoms with Crippen LogP contribution in [0.4, 0.5) is 0 Å². The van der Waals surface area contributed by atoms with Crippen molar-refractivity contribution in [2.45, 2.75) is 39.0 Å². The fourth-order valence-electron chi connectivity index (χ4n) is 2.89. The summed E-state index contributed by atoms with van der Waals surface area (Å²) >= 11 is 2.28. The SMILES string of the molecule is CC1CCC(CN)(C(=O)Cc2ccc(I)cc2)CC1. The maximum Gasteiger partial charge on any atom is 0.144 e. The van der Waals surface area contributed by atoms with Crippen LogP contribution in [-0.4, -0.2) is 12.3 Å². The Kier molecular flexibility index (Phi) is 5.01. The van der Waals surface area contributed by atoms with Crippen LogP contribution in [-0.2, 0) is 11.2 Å². The van der Waals surface area contributed by atoms with Gasteiger partial charge < -0.3 is 5.73 Å². The van der Waals surface area contributed by atoms with Crippen molar-refractivity contribution in [1.29, 1.82) is 0 Å². The second-order valence-corrected chi connectivity index (χ2v) is 7.14. The molecular weight excluding hydrogens is 349 g/mol. The van der Waals surface area contributed by atoms with Crippen molar-refractivity contribution >= 4 is 28.4 Å². The third-order valence-corrected chi connectivity index (χ3v) is 5.21. The van der Waals surface area contributed by atoms with Gasteiger partial charge in [-0.2, -0.15) is 0 Å². The van der Waals surface area contributed by atoms with E-state index in [1.807, 2.05) is 0 Å².